The van der Waals surface area contributed by atoms with Gasteiger partial charge in [-0.15, -0.1) is 0 Å². The van der Waals surface area contributed by atoms with Crippen molar-refractivity contribution in [1.29, 1.82) is 0 Å². The Labute approximate surface area is 270 Å². The maximum absolute atomic E-state index is 13.5. The van der Waals surface area contributed by atoms with Gasteiger partial charge in [0.2, 0.25) is 0 Å². The number of ether oxygens (including phenoxy) is 2. The molecule has 1 amide bonds. The van der Waals surface area contributed by atoms with Crippen molar-refractivity contribution >= 4 is 70.7 Å². The summed E-state index contributed by atoms with van der Waals surface area (Å²) >= 11 is -1.48. The minimum absolute atomic E-state index is 0.258. The summed E-state index contributed by atoms with van der Waals surface area (Å²) in [5.41, 5.74) is 1.55. The average Bonchev–Trinajstić information content (AvgIpc) is 3.29. The summed E-state index contributed by atoms with van der Waals surface area (Å²) in [6, 6.07) is 17.0. The number of carbonyl (C=O) groups is 1. The summed E-state index contributed by atoms with van der Waals surface area (Å²) in [5.74, 6) is -0.441. The molecule has 0 aliphatic carbocycles. The van der Waals surface area contributed by atoms with Crippen LogP contribution in [-0.2, 0) is 15.4 Å². The number of hydrogen-bond donors (Lipinski definition) is 2. The van der Waals surface area contributed by atoms with Gasteiger partial charge in [0.05, 0.1) is 6.26 Å². The van der Waals surface area contributed by atoms with E-state index in [9.17, 15) is 26.4 Å². The van der Waals surface area contributed by atoms with Gasteiger partial charge in [0, 0.05) is 0 Å². The van der Waals surface area contributed by atoms with Gasteiger partial charge < -0.3 is 0 Å². The second-order valence-electron chi connectivity index (χ2n) is 12.8. The van der Waals surface area contributed by atoms with Crippen molar-refractivity contribution in [3.8, 4) is 11.5 Å². The Bertz CT molecular complexity index is 1850. The van der Waals surface area contributed by atoms with Crippen LogP contribution in [0, 0.1) is 0 Å². The quantitative estimate of drug-likeness (QED) is 0.159. The number of rotatable bonds is 10. The van der Waals surface area contributed by atoms with Crippen LogP contribution in [0.25, 0.3) is 10.1 Å². The normalized spacial score (nSPS) is 12.8. The van der Waals surface area contributed by atoms with Crippen LogP contribution in [0.4, 0.5) is 24.5 Å². The molecular formula is C32H37F3N2O5S2Sn. The van der Waals surface area contributed by atoms with E-state index in [1.54, 1.807) is 44.2 Å². The van der Waals surface area contributed by atoms with Crippen LogP contribution in [0.15, 0.2) is 60.7 Å². The molecule has 242 valence electrons. The number of hydrogen-bond acceptors (Lipinski definition) is 6. The van der Waals surface area contributed by atoms with Crippen molar-refractivity contribution in [1.82, 2.24) is 0 Å². The van der Waals surface area contributed by atoms with Crippen LogP contribution < -0.4 is 23.1 Å². The SMILES string of the molecule is CC(C)Oc1cc(OC(F)(F)F)cc(C(C)(C)c2cc(NC(=O)c3cc4cc(NS(C)(=O)=O)ccc4s3)c[c]([Sn]([CH3])([CH3])[CH3])c2)c1. The predicted molar refractivity (Wildman–Crippen MR) is 179 cm³/mol. The Morgan fingerprint density at radius 3 is 2.13 bits per heavy atom. The van der Waals surface area contributed by atoms with Crippen LogP contribution >= 0.6 is 11.3 Å². The van der Waals surface area contributed by atoms with E-state index in [2.05, 4.69) is 35.7 Å². The topological polar surface area (TPSA) is 93.7 Å². The first-order valence-electron chi connectivity index (χ1n) is 14.2. The van der Waals surface area contributed by atoms with Crippen molar-refractivity contribution in [2.24, 2.45) is 0 Å². The van der Waals surface area contributed by atoms with Crippen molar-refractivity contribution in [2.75, 3.05) is 16.3 Å². The van der Waals surface area contributed by atoms with Crippen LogP contribution in [0.2, 0.25) is 14.8 Å². The molecule has 13 heteroatoms. The van der Waals surface area contributed by atoms with Gasteiger partial charge in [-0.05, 0) is 0 Å². The first-order valence-corrected chi connectivity index (χ1v) is 26.9. The minimum atomic E-state index is -4.87. The number of alkyl halides is 3. The average molecular weight is 769 g/mol. The van der Waals surface area contributed by atoms with Crippen LogP contribution in [-0.4, -0.2) is 51.4 Å². The number of nitrogens with one attached hydrogen (secondary N) is 2. The molecule has 1 aromatic heterocycles. The fourth-order valence-corrected chi connectivity index (χ4v) is 9.60. The van der Waals surface area contributed by atoms with Crippen molar-refractivity contribution in [3.63, 3.8) is 0 Å². The third-order valence-corrected chi connectivity index (χ3v) is 14.5. The van der Waals surface area contributed by atoms with Gasteiger partial charge in [-0.1, -0.05) is 0 Å². The molecular weight excluding hydrogens is 732 g/mol. The summed E-state index contributed by atoms with van der Waals surface area (Å²) in [7, 11) is -3.45. The Hall–Kier alpha value is -2.97. The van der Waals surface area contributed by atoms with Gasteiger partial charge in [-0.3, -0.25) is 0 Å². The molecule has 0 radical (unpaired) electrons. The second kappa shape index (κ2) is 12.7. The molecule has 0 aliphatic rings. The Kier molecular flexibility index (Phi) is 9.83. The first-order chi connectivity index (χ1) is 20.6. The number of benzene rings is 3. The fraction of sp³-hybridized carbons (Fsp3) is 0.344. The summed E-state index contributed by atoms with van der Waals surface area (Å²) in [4.78, 5) is 20.7. The molecule has 0 saturated carbocycles. The summed E-state index contributed by atoms with van der Waals surface area (Å²) in [6.07, 6.45) is -4.06. The molecule has 0 spiro atoms. The van der Waals surface area contributed by atoms with Gasteiger partial charge in [-0.2, -0.15) is 0 Å². The van der Waals surface area contributed by atoms with Gasteiger partial charge in [0.15, 0.2) is 0 Å². The molecule has 0 unspecified atom stereocenters. The number of halogens is 3. The zero-order valence-electron chi connectivity index (χ0n) is 26.3. The predicted octanol–water partition coefficient (Wildman–Crippen LogP) is 8.08. The van der Waals surface area contributed by atoms with E-state index in [4.69, 9.17) is 4.74 Å². The van der Waals surface area contributed by atoms with E-state index in [-0.39, 0.29) is 23.5 Å². The van der Waals surface area contributed by atoms with E-state index in [1.807, 2.05) is 26.0 Å². The number of amides is 1. The van der Waals surface area contributed by atoms with E-state index < -0.39 is 40.2 Å². The number of fused-ring (bicyclic) bond motifs is 1. The molecule has 4 aromatic rings. The molecule has 7 nitrogen and oxygen atoms in total. The third kappa shape index (κ3) is 9.29. The molecule has 1 heterocycles. The van der Waals surface area contributed by atoms with Crippen molar-refractivity contribution < 1.29 is 35.9 Å². The summed E-state index contributed by atoms with van der Waals surface area (Å²) in [5, 5.41) is 3.75. The zero-order chi connectivity index (χ0) is 33.5. The molecule has 4 rings (SSSR count). The summed E-state index contributed by atoms with van der Waals surface area (Å²) in [6.45, 7) is 7.41. The van der Waals surface area contributed by atoms with Crippen LogP contribution in [0.1, 0.15) is 48.5 Å². The molecule has 45 heavy (non-hydrogen) atoms. The first kappa shape index (κ1) is 34.9. The van der Waals surface area contributed by atoms with E-state index in [0.717, 1.165) is 25.5 Å². The van der Waals surface area contributed by atoms with Crippen molar-refractivity contribution in [2.45, 2.75) is 60.4 Å². The fourth-order valence-electron chi connectivity index (χ4n) is 4.75. The Balaban J connectivity index is 1.73. The van der Waals surface area contributed by atoms with Gasteiger partial charge >= 0.3 is 257 Å². The molecule has 0 saturated heterocycles. The van der Waals surface area contributed by atoms with Crippen LogP contribution in [0.5, 0.6) is 11.5 Å². The molecule has 0 bridgehead atoms. The van der Waals surface area contributed by atoms with E-state index in [1.165, 1.54) is 23.5 Å². The number of sulfonamides is 1. The molecule has 0 fully saturated rings. The van der Waals surface area contributed by atoms with Crippen molar-refractivity contribution in [3.05, 3.63) is 76.7 Å². The number of carbonyl (C=O) groups excluding carboxylic acids is 1. The molecule has 0 aliphatic heterocycles. The number of anilines is 2. The Morgan fingerprint density at radius 1 is 0.889 bits per heavy atom. The molecule has 0 atom stereocenters. The van der Waals surface area contributed by atoms with Crippen LogP contribution in [0.3, 0.4) is 0 Å². The summed E-state index contributed by atoms with van der Waals surface area (Å²) < 4.78 is 77.4. The monoisotopic (exact) mass is 770 g/mol. The molecule has 3 aromatic carbocycles. The molecule has 2 N–H and O–H groups in total. The van der Waals surface area contributed by atoms with E-state index in [0.29, 0.717) is 21.8 Å². The second-order valence-corrected chi connectivity index (χ2v) is 30.1. The van der Waals surface area contributed by atoms with Gasteiger partial charge in [0.1, 0.15) is 0 Å². The Morgan fingerprint density at radius 2 is 1.53 bits per heavy atom. The third-order valence-electron chi connectivity index (χ3n) is 7.03. The number of thiophene rings is 1. The zero-order valence-corrected chi connectivity index (χ0v) is 30.8. The van der Waals surface area contributed by atoms with E-state index >= 15 is 0 Å². The maximum atomic E-state index is 13.5. The standard InChI is InChI=1S/C29H28F3N2O5S2.3CH3.Sn/c1-17(2)38-23-14-20(15-24(16-23)39-29(30,31)32)28(3,4)19-7-6-8-21(13-19)33-27(35)26-12-18-11-22(34-41(5,36)37)9-10-25(18)40-26;;;;/h7-17,34H,1-5H3,(H,33,35);3*1H3;. The van der Waals surface area contributed by atoms with Gasteiger partial charge in [0.25, 0.3) is 0 Å². The van der Waals surface area contributed by atoms with Gasteiger partial charge in [-0.25, -0.2) is 8.42 Å².